The predicted octanol–water partition coefficient (Wildman–Crippen LogP) is 3.65. The molecule has 1 fully saturated rings. The number of aromatic nitrogens is 2. The Hall–Kier alpha value is -1.81. The normalized spacial score (nSPS) is 19.9. The third kappa shape index (κ3) is 3.45. The minimum Gasteiger partial charge on any atom is -0.338 e. The minimum atomic E-state index is 0.209. The molecule has 25 heavy (non-hydrogen) atoms. The highest BCUT2D eigenvalue weighted by atomic mass is 35.5. The van der Waals surface area contributed by atoms with Gasteiger partial charge >= 0.3 is 0 Å². The van der Waals surface area contributed by atoms with Crippen LogP contribution < -0.4 is 0 Å². The molecule has 0 bridgehead atoms. The van der Waals surface area contributed by atoms with E-state index in [2.05, 4.69) is 20.5 Å². The molecular formula is C20H24ClN3O. The Labute approximate surface area is 153 Å². The number of rotatable bonds is 4. The summed E-state index contributed by atoms with van der Waals surface area (Å²) < 4.78 is 2.07. The average molecular weight is 358 g/mol. The average Bonchev–Trinajstić information content (AvgIpc) is 3.24. The number of likely N-dealkylation sites (tertiary alicyclic amines) is 1. The van der Waals surface area contributed by atoms with Crippen LogP contribution in [0.25, 0.3) is 0 Å². The van der Waals surface area contributed by atoms with Gasteiger partial charge in [-0.15, -0.1) is 0 Å². The summed E-state index contributed by atoms with van der Waals surface area (Å²) in [6.45, 7) is 1.27. The number of imidazole rings is 1. The number of carbonyl (C=O) groups is 1. The number of carbonyl (C=O) groups excluding carboxylic acids is 1. The van der Waals surface area contributed by atoms with Gasteiger partial charge in [0.2, 0.25) is 5.91 Å². The van der Waals surface area contributed by atoms with Crippen LogP contribution in [0.3, 0.4) is 0 Å². The van der Waals surface area contributed by atoms with E-state index in [1.54, 1.807) is 0 Å². The van der Waals surface area contributed by atoms with Crippen molar-refractivity contribution < 1.29 is 4.79 Å². The van der Waals surface area contributed by atoms with Crippen molar-refractivity contribution in [2.75, 3.05) is 6.54 Å². The van der Waals surface area contributed by atoms with Gasteiger partial charge in [-0.3, -0.25) is 4.79 Å². The Morgan fingerprint density at radius 2 is 2.04 bits per heavy atom. The number of hydrogen-bond donors (Lipinski definition) is 0. The highest BCUT2D eigenvalue weighted by Gasteiger charge is 2.30. The molecule has 2 heterocycles. The maximum atomic E-state index is 12.9. The van der Waals surface area contributed by atoms with Gasteiger partial charge in [-0.05, 0) is 56.6 Å². The Morgan fingerprint density at radius 1 is 1.20 bits per heavy atom. The summed E-state index contributed by atoms with van der Waals surface area (Å²) in [4.78, 5) is 19.5. The van der Waals surface area contributed by atoms with E-state index in [9.17, 15) is 4.79 Å². The molecule has 4 nitrogen and oxygen atoms in total. The first-order valence-corrected chi connectivity index (χ1v) is 9.66. The van der Waals surface area contributed by atoms with Crippen molar-refractivity contribution in [2.45, 2.75) is 57.5 Å². The van der Waals surface area contributed by atoms with Gasteiger partial charge in [0.25, 0.3) is 0 Å². The van der Waals surface area contributed by atoms with Crippen LogP contribution in [-0.4, -0.2) is 32.9 Å². The van der Waals surface area contributed by atoms with Crippen molar-refractivity contribution in [3.8, 4) is 0 Å². The van der Waals surface area contributed by atoms with Crippen LogP contribution in [0.1, 0.15) is 42.6 Å². The molecule has 1 aliphatic heterocycles. The number of amides is 1. The summed E-state index contributed by atoms with van der Waals surface area (Å²) in [5.74, 6) is 0.209. The number of benzene rings is 1. The number of hydrogen-bond acceptors (Lipinski definition) is 2. The lowest BCUT2D eigenvalue weighted by Crippen LogP contribution is -2.39. The van der Waals surface area contributed by atoms with Crippen LogP contribution in [0.4, 0.5) is 0 Å². The second kappa shape index (κ2) is 7.20. The van der Waals surface area contributed by atoms with Gasteiger partial charge in [-0.2, -0.15) is 0 Å². The monoisotopic (exact) mass is 357 g/mol. The zero-order valence-corrected chi connectivity index (χ0v) is 15.2. The van der Waals surface area contributed by atoms with Gasteiger partial charge in [-0.25, -0.2) is 4.98 Å². The van der Waals surface area contributed by atoms with Crippen LogP contribution in [0.15, 0.2) is 30.6 Å². The number of aryl methyl sites for hydroxylation is 1. The lowest BCUT2D eigenvalue weighted by Gasteiger charge is -2.26. The van der Waals surface area contributed by atoms with Crippen molar-refractivity contribution >= 4 is 17.5 Å². The highest BCUT2D eigenvalue weighted by Crippen LogP contribution is 2.26. The first-order chi connectivity index (χ1) is 12.2. The molecular weight excluding hydrogens is 334 g/mol. The molecule has 1 atom stereocenters. The summed E-state index contributed by atoms with van der Waals surface area (Å²) >= 11 is 6.31. The van der Waals surface area contributed by atoms with E-state index in [4.69, 9.17) is 11.6 Å². The molecule has 0 saturated carbocycles. The number of fused-ring (bicyclic) bond motifs is 1. The van der Waals surface area contributed by atoms with E-state index in [-0.39, 0.29) is 11.9 Å². The fourth-order valence-electron chi connectivity index (χ4n) is 4.20. The molecule has 1 aromatic heterocycles. The molecule has 0 unspecified atom stereocenters. The Kier molecular flexibility index (Phi) is 4.80. The first-order valence-electron chi connectivity index (χ1n) is 9.28. The Morgan fingerprint density at radius 3 is 2.92 bits per heavy atom. The van der Waals surface area contributed by atoms with Gasteiger partial charge in [0.05, 0.1) is 12.0 Å². The highest BCUT2D eigenvalue weighted by molar-refractivity contribution is 6.31. The lowest BCUT2D eigenvalue weighted by molar-refractivity contribution is -0.132. The van der Waals surface area contributed by atoms with Gasteiger partial charge in [-0.1, -0.05) is 29.8 Å². The zero-order valence-electron chi connectivity index (χ0n) is 14.5. The van der Waals surface area contributed by atoms with Gasteiger partial charge in [0.15, 0.2) is 0 Å². The molecule has 1 aromatic carbocycles. The molecule has 0 spiro atoms. The molecule has 2 aromatic rings. The summed E-state index contributed by atoms with van der Waals surface area (Å²) in [5, 5.41) is 0.797. The SMILES string of the molecule is O=C(Cn1cnc2c1CCCC2)N1CCC[C@H]1Cc1ccccc1Cl. The molecule has 2 aliphatic rings. The minimum absolute atomic E-state index is 0.209. The van der Waals surface area contributed by atoms with E-state index in [1.165, 1.54) is 24.2 Å². The van der Waals surface area contributed by atoms with Crippen LogP contribution in [-0.2, 0) is 30.6 Å². The van der Waals surface area contributed by atoms with E-state index in [0.717, 1.165) is 49.2 Å². The van der Waals surface area contributed by atoms with E-state index < -0.39 is 0 Å². The fraction of sp³-hybridized carbons (Fsp3) is 0.500. The van der Waals surface area contributed by atoms with E-state index >= 15 is 0 Å². The number of nitrogens with zero attached hydrogens (tertiary/aromatic N) is 3. The molecule has 4 rings (SSSR count). The Bertz CT molecular complexity index is 770. The molecule has 0 N–H and O–H groups in total. The molecule has 1 aliphatic carbocycles. The molecule has 0 radical (unpaired) electrons. The van der Waals surface area contributed by atoms with Crippen molar-refractivity contribution in [3.05, 3.63) is 52.6 Å². The van der Waals surface area contributed by atoms with Gasteiger partial charge in [0, 0.05) is 23.3 Å². The van der Waals surface area contributed by atoms with Crippen molar-refractivity contribution in [2.24, 2.45) is 0 Å². The van der Waals surface area contributed by atoms with Crippen molar-refractivity contribution in [1.82, 2.24) is 14.5 Å². The third-order valence-corrected chi connectivity index (χ3v) is 5.90. The second-order valence-corrected chi connectivity index (χ2v) is 7.56. The van der Waals surface area contributed by atoms with Gasteiger partial charge < -0.3 is 9.47 Å². The van der Waals surface area contributed by atoms with Crippen LogP contribution in [0.2, 0.25) is 5.02 Å². The van der Waals surface area contributed by atoms with E-state index in [0.29, 0.717) is 6.54 Å². The summed E-state index contributed by atoms with van der Waals surface area (Å²) in [6, 6.07) is 8.21. The standard InChI is InChI=1S/C20H24ClN3O/c21-17-8-2-1-6-15(17)12-16-7-5-11-24(16)20(25)13-23-14-22-18-9-3-4-10-19(18)23/h1-2,6,8,14,16H,3-5,7,9-13H2/t16-/m0/s1. The predicted molar refractivity (Wildman–Crippen MR) is 98.8 cm³/mol. The number of halogens is 1. The third-order valence-electron chi connectivity index (χ3n) is 5.53. The summed E-state index contributed by atoms with van der Waals surface area (Å²) in [7, 11) is 0. The summed E-state index contributed by atoms with van der Waals surface area (Å²) in [6.07, 6.45) is 9.33. The molecule has 5 heteroatoms. The molecule has 132 valence electrons. The first kappa shape index (κ1) is 16.6. The van der Waals surface area contributed by atoms with Crippen LogP contribution >= 0.6 is 11.6 Å². The second-order valence-electron chi connectivity index (χ2n) is 7.15. The molecule has 1 amide bonds. The topological polar surface area (TPSA) is 38.1 Å². The lowest BCUT2D eigenvalue weighted by atomic mass is 10.0. The Balaban J connectivity index is 1.46. The quantitative estimate of drug-likeness (QED) is 0.837. The maximum absolute atomic E-state index is 12.9. The van der Waals surface area contributed by atoms with Crippen molar-refractivity contribution in [3.63, 3.8) is 0 Å². The maximum Gasteiger partial charge on any atom is 0.242 e. The van der Waals surface area contributed by atoms with Gasteiger partial charge in [0.1, 0.15) is 6.54 Å². The van der Waals surface area contributed by atoms with Crippen molar-refractivity contribution in [1.29, 1.82) is 0 Å². The largest absolute Gasteiger partial charge is 0.338 e. The fourth-order valence-corrected chi connectivity index (χ4v) is 4.41. The van der Waals surface area contributed by atoms with E-state index in [1.807, 2.05) is 24.5 Å². The zero-order chi connectivity index (χ0) is 17.2. The van der Waals surface area contributed by atoms with Crippen LogP contribution in [0.5, 0.6) is 0 Å². The smallest absolute Gasteiger partial charge is 0.242 e. The van der Waals surface area contributed by atoms with Crippen LogP contribution in [0, 0.1) is 0 Å². The summed E-state index contributed by atoms with van der Waals surface area (Å²) in [5.41, 5.74) is 3.59. The molecule has 1 saturated heterocycles.